The molecular formula is C32H31N3O5S. The Bertz CT molecular complexity index is 1430. The van der Waals surface area contributed by atoms with E-state index in [9.17, 15) is 14.4 Å². The number of nitrogens with zero attached hydrogens (tertiary/aromatic N) is 2. The van der Waals surface area contributed by atoms with E-state index in [2.05, 4.69) is 10.3 Å². The van der Waals surface area contributed by atoms with E-state index < -0.39 is 41.1 Å². The van der Waals surface area contributed by atoms with E-state index in [1.165, 1.54) is 16.7 Å². The monoisotopic (exact) mass is 569 g/mol. The van der Waals surface area contributed by atoms with Gasteiger partial charge in [0.05, 0.1) is 0 Å². The van der Waals surface area contributed by atoms with E-state index in [0.29, 0.717) is 11.3 Å². The van der Waals surface area contributed by atoms with Gasteiger partial charge < -0.3 is 14.8 Å². The Morgan fingerprint density at radius 1 is 0.976 bits per heavy atom. The van der Waals surface area contributed by atoms with Gasteiger partial charge in [0.1, 0.15) is 22.7 Å². The van der Waals surface area contributed by atoms with Crippen LogP contribution < -0.4 is 5.32 Å². The molecule has 2 amide bonds. The molecule has 2 aliphatic heterocycles. The van der Waals surface area contributed by atoms with Crippen LogP contribution in [-0.2, 0) is 19.1 Å². The van der Waals surface area contributed by atoms with Gasteiger partial charge in [-0.15, -0.1) is 11.8 Å². The number of carbonyl (C=O) groups excluding carboxylic acids is 3. The second-order valence-corrected chi connectivity index (χ2v) is 11.7. The van der Waals surface area contributed by atoms with E-state index in [4.69, 9.17) is 9.47 Å². The number of alkyl carbamates (subject to hydrolysis) is 1. The molecular weight excluding hydrogens is 538 g/mol. The van der Waals surface area contributed by atoms with Gasteiger partial charge in [0.15, 0.2) is 6.10 Å². The van der Waals surface area contributed by atoms with Crippen LogP contribution >= 0.6 is 11.8 Å². The van der Waals surface area contributed by atoms with Gasteiger partial charge in [-0.3, -0.25) is 14.7 Å². The number of benzene rings is 2. The van der Waals surface area contributed by atoms with Crippen LogP contribution in [-0.4, -0.2) is 50.6 Å². The number of aromatic nitrogens is 1. The van der Waals surface area contributed by atoms with E-state index >= 15 is 0 Å². The lowest BCUT2D eigenvalue weighted by molar-refractivity contribution is -0.153. The fraction of sp³-hybridized carbons (Fsp3) is 0.250. The van der Waals surface area contributed by atoms with E-state index in [-0.39, 0.29) is 5.70 Å². The topological polar surface area (TPSA) is 97.8 Å². The van der Waals surface area contributed by atoms with Gasteiger partial charge in [0.2, 0.25) is 0 Å². The molecule has 0 bridgehead atoms. The highest BCUT2D eigenvalue weighted by Gasteiger charge is 2.54. The molecule has 2 atom stereocenters. The van der Waals surface area contributed by atoms with Crippen LogP contribution in [0, 0.1) is 0 Å². The molecule has 2 aromatic carbocycles. The second-order valence-electron chi connectivity index (χ2n) is 10.6. The molecule has 2 aliphatic rings. The number of hydrogen-bond acceptors (Lipinski definition) is 7. The van der Waals surface area contributed by atoms with Crippen molar-refractivity contribution >= 4 is 35.8 Å². The maximum atomic E-state index is 14.0. The molecule has 41 heavy (non-hydrogen) atoms. The average Bonchev–Trinajstić information content (AvgIpc) is 2.97. The summed E-state index contributed by atoms with van der Waals surface area (Å²) in [5.41, 5.74) is 2.63. The second kappa shape index (κ2) is 12.0. The summed E-state index contributed by atoms with van der Waals surface area (Å²) in [6.07, 6.45) is 5.72. The van der Waals surface area contributed by atoms with Crippen LogP contribution in [0.15, 0.2) is 103 Å². The van der Waals surface area contributed by atoms with Crippen LogP contribution in [0.2, 0.25) is 0 Å². The third kappa shape index (κ3) is 6.52. The van der Waals surface area contributed by atoms with Crippen molar-refractivity contribution in [3.05, 3.63) is 119 Å². The minimum absolute atomic E-state index is 0.170. The Morgan fingerprint density at radius 2 is 1.59 bits per heavy atom. The number of ether oxygens (including phenoxy) is 2. The predicted octanol–water partition coefficient (Wildman–Crippen LogP) is 5.49. The largest absolute Gasteiger partial charge is 0.448 e. The van der Waals surface area contributed by atoms with Crippen molar-refractivity contribution in [2.24, 2.45) is 0 Å². The quantitative estimate of drug-likeness (QED) is 0.297. The number of β-lactam (4-membered cyclic amide) rings is 1. The molecule has 1 aromatic heterocycles. The molecule has 1 fully saturated rings. The molecule has 0 aliphatic carbocycles. The summed E-state index contributed by atoms with van der Waals surface area (Å²) in [6.45, 7) is 5.26. The summed E-state index contributed by atoms with van der Waals surface area (Å²) in [7, 11) is 0. The predicted molar refractivity (Wildman–Crippen MR) is 157 cm³/mol. The van der Waals surface area contributed by atoms with Crippen LogP contribution in [0.4, 0.5) is 4.79 Å². The number of allylic oxidation sites excluding steroid dienone is 1. The number of fused-ring (bicyclic) bond motifs is 1. The lowest BCUT2D eigenvalue weighted by atomic mass is 10.0. The normalized spacial score (nSPS) is 18.6. The van der Waals surface area contributed by atoms with Crippen molar-refractivity contribution in [3.8, 4) is 0 Å². The third-order valence-electron chi connectivity index (χ3n) is 6.48. The fourth-order valence-electron chi connectivity index (χ4n) is 4.61. The molecule has 1 N–H and O–H groups in total. The molecule has 3 heterocycles. The number of amides is 2. The number of hydrogen-bond donors (Lipinski definition) is 1. The number of rotatable bonds is 7. The fourth-order valence-corrected chi connectivity index (χ4v) is 5.93. The van der Waals surface area contributed by atoms with Gasteiger partial charge in [-0.2, -0.15) is 0 Å². The highest BCUT2D eigenvalue weighted by atomic mass is 32.2. The van der Waals surface area contributed by atoms with Crippen LogP contribution in [0.5, 0.6) is 0 Å². The first-order chi connectivity index (χ1) is 19.7. The zero-order valence-electron chi connectivity index (χ0n) is 23.0. The number of carbonyl (C=O) groups is 3. The Labute approximate surface area is 243 Å². The number of pyridine rings is 1. The highest BCUT2D eigenvalue weighted by molar-refractivity contribution is 8.00. The Hall–Kier alpha value is -4.37. The average molecular weight is 570 g/mol. The van der Waals surface area contributed by atoms with Crippen LogP contribution in [0.25, 0.3) is 6.08 Å². The molecule has 0 radical (unpaired) electrons. The van der Waals surface area contributed by atoms with Crippen molar-refractivity contribution in [1.29, 1.82) is 0 Å². The third-order valence-corrected chi connectivity index (χ3v) is 7.78. The molecule has 0 spiro atoms. The smallest absolute Gasteiger partial charge is 0.408 e. The van der Waals surface area contributed by atoms with E-state index in [1.807, 2.05) is 84.9 Å². The molecule has 0 saturated carbocycles. The highest BCUT2D eigenvalue weighted by Crippen LogP contribution is 2.42. The first-order valence-corrected chi connectivity index (χ1v) is 14.3. The minimum atomic E-state index is -0.817. The number of thioether (sulfide) groups is 1. The van der Waals surface area contributed by atoms with Crippen LogP contribution in [0.3, 0.4) is 0 Å². The first-order valence-electron chi connectivity index (χ1n) is 13.3. The molecule has 3 aromatic rings. The number of esters is 1. The summed E-state index contributed by atoms with van der Waals surface area (Å²) >= 11 is 1.47. The summed E-state index contributed by atoms with van der Waals surface area (Å²) < 4.78 is 11.5. The van der Waals surface area contributed by atoms with Gasteiger partial charge in [-0.25, -0.2) is 9.59 Å². The zero-order chi connectivity index (χ0) is 29.0. The molecule has 9 heteroatoms. The molecule has 0 unspecified atom stereocenters. The summed E-state index contributed by atoms with van der Waals surface area (Å²) in [6, 6.07) is 21.8. The SMILES string of the molecule is CC(C)(C)OC(=O)N[C@@H]1C(=O)N2C(C(=O)OC(c3ccccc3)c3ccccc3)=C(/C=C/c3ccncc3)CS[C@@H]12. The van der Waals surface area contributed by atoms with E-state index in [1.54, 1.807) is 33.2 Å². The van der Waals surface area contributed by atoms with Gasteiger partial charge >= 0.3 is 12.1 Å². The maximum Gasteiger partial charge on any atom is 0.408 e. The van der Waals surface area contributed by atoms with Crippen molar-refractivity contribution in [3.63, 3.8) is 0 Å². The first kappa shape index (κ1) is 28.2. The summed E-state index contributed by atoms with van der Waals surface area (Å²) in [4.78, 5) is 45.3. The number of nitrogens with one attached hydrogen (secondary N) is 1. The van der Waals surface area contributed by atoms with Gasteiger partial charge in [0.25, 0.3) is 5.91 Å². The maximum absolute atomic E-state index is 14.0. The lowest BCUT2D eigenvalue weighted by Crippen LogP contribution is -2.70. The summed E-state index contributed by atoms with van der Waals surface area (Å²) in [5.74, 6) is -0.578. The Balaban J connectivity index is 1.47. The molecule has 8 nitrogen and oxygen atoms in total. The zero-order valence-corrected chi connectivity index (χ0v) is 23.8. The molecule has 1 saturated heterocycles. The summed E-state index contributed by atoms with van der Waals surface area (Å²) in [5, 5.41) is 2.20. The van der Waals surface area contributed by atoms with Crippen LogP contribution in [0.1, 0.15) is 43.6 Å². The van der Waals surface area contributed by atoms with Crippen molar-refractivity contribution in [1.82, 2.24) is 15.2 Å². The van der Waals surface area contributed by atoms with Gasteiger partial charge in [-0.05, 0) is 55.2 Å². The standard InChI is InChI=1S/C32H31N3O5S/c1-32(2,3)40-31(38)34-25-28(36)35-26(24(20-41-29(25)35)15-14-21-16-18-33-19-17-21)30(37)39-27(22-10-6-4-7-11-22)23-12-8-5-9-13-23/h4-19,25,27,29H,20H2,1-3H3,(H,34,38)/b15-14+/t25-,29+/m1/s1. The lowest BCUT2D eigenvalue weighted by Gasteiger charge is -2.49. The van der Waals surface area contributed by atoms with Crippen molar-refractivity contribution < 1.29 is 23.9 Å². The minimum Gasteiger partial charge on any atom is -0.448 e. The van der Waals surface area contributed by atoms with Gasteiger partial charge in [0, 0.05) is 18.1 Å². The molecule has 210 valence electrons. The molecule has 5 rings (SSSR count). The van der Waals surface area contributed by atoms with Crippen molar-refractivity contribution in [2.45, 2.75) is 43.9 Å². The Morgan fingerprint density at radius 3 is 2.17 bits per heavy atom. The van der Waals surface area contributed by atoms with Crippen molar-refractivity contribution in [2.75, 3.05) is 5.75 Å². The van der Waals surface area contributed by atoms with Gasteiger partial charge in [-0.1, -0.05) is 72.8 Å². The van der Waals surface area contributed by atoms with E-state index in [0.717, 1.165) is 16.7 Å². The Kier molecular flexibility index (Phi) is 8.26.